The molecule has 5 nitrogen and oxygen atoms in total. The van der Waals surface area contributed by atoms with Gasteiger partial charge in [0.1, 0.15) is 0 Å². The lowest BCUT2D eigenvalue weighted by atomic mass is 9.99. The molecule has 3 rings (SSSR count). The third-order valence-corrected chi connectivity index (χ3v) is 4.57. The fourth-order valence-electron chi connectivity index (χ4n) is 3.43. The zero-order chi connectivity index (χ0) is 14.8. The van der Waals surface area contributed by atoms with Crippen molar-refractivity contribution in [3.05, 3.63) is 39.7 Å². The Hall–Kier alpha value is -1.53. The van der Waals surface area contributed by atoms with Crippen molar-refractivity contribution in [3.8, 4) is 0 Å². The quantitative estimate of drug-likeness (QED) is 0.634. The predicted octanol–water partition coefficient (Wildman–Crippen LogP) is 2.40. The Kier molecular flexibility index (Phi) is 4.17. The zero-order valence-electron chi connectivity index (χ0n) is 12.0. The lowest BCUT2D eigenvalue weighted by Crippen LogP contribution is -2.54. The van der Waals surface area contributed by atoms with Crippen LogP contribution in [-0.4, -0.2) is 46.9 Å². The van der Waals surface area contributed by atoms with Gasteiger partial charge in [-0.3, -0.25) is 19.9 Å². The number of hydrogen-bond donors (Lipinski definition) is 0. The molecule has 6 heteroatoms. The SMILES string of the molecule is O=[N+]([O-])c1cccc(CN2CCN3CCCCC3C2)c1F. The van der Waals surface area contributed by atoms with Gasteiger partial charge in [-0.25, -0.2) is 0 Å². The average molecular weight is 293 g/mol. The van der Waals surface area contributed by atoms with Crippen LogP contribution in [0.2, 0.25) is 0 Å². The van der Waals surface area contributed by atoms with Crippen molar-refractivity contribution in [3.63, 3.8) is 0 Å². The smallest absolute Gasteiger partial charge is 0.298 e. The Morgan fingerprint density at radius 1 is 1.29 bits per heavy atom. The summed E-state index contributed by atoms with van der Waals surface area (Å²) in [6.45, 7) is 4.48. The van der Waals surface area contributed by atoms with Gasteiger partial charge in [0.15, 0.2) is 0 Å². The van der Waals surface area contributed by atoms with Gasteiger partial charge in [-0.2, -0.15) is 4.39 Å². The molecule has 0 aromatic heterocycles. The molecular weight excluding hydrogens is 273 g/mol. The van der Waals surface area contributed by atoms with Crippen LogP contribution in [0.4, 0.5) is 10.1 Å². The van der Waals surface area contributed by atoms with Crippen LogP contribution in [0, 0.1) is 15.9 Å². The van der Waals surface area contributed by atoms with Crippen LogP contribution in [0.5, 0.6) is 0 Å². The lowest BCUT2D eigenvalue weighted by Gasteiger charge is -2.44. The number of nitro groups is 1. The van der Waals surface area contributed by atoms with E-state index >= 15 is 0 Å². The molecule has 1 unspecified atom stereocenters. The summed E-state index contributed by atoms with van der Waals surface area (Å²) in [6.07, 6.45) is 3.74. The highest BCUT2D eigenvalue weighted by Gasteiger charge is 2.29. The summed E-state index contributed by atoms with van der Waals surface area (Å²) in [5, 5.41) is 10.8. The van der Waals surface area contributed by atoms with Crippen molar-refractivity contribution in [1.82, 2.24) is 9.80 Å². The number of piperidine rings is 1. The van der Waals surface area contributed by atoms with Gasteiger partial charge in [-0.1, -0.05) is 18.6 Å². The van der Waals surface area contributed by atoms with E-state index in [0.29, 0.717) is 18.2 Å². The molecular formula is C15H20FN3O2. The second kappa shape index (κ2) is 6.07. The molecule has 1 aromatic carbocycles. The van der Waals surface area contributed by atoms with Crippen LogP contribution in [0.25, 0.3) is 0 Å². The van der Waals surface area contributed by atoms with Gasteiger partial charge in [0.25, 0.3) is 0 Å². The van der Waals surface area contributed by atoms with Crippen molar-refractivity contribution < 1.29 is 9.31 Å². The topological polar surface area (TPSA) is 49.6 Å². The maximum atomic E-state index is 14.1. The number of piperazine rings is 1. The van der Waals surface area contributed by atoms with E-state index in [1.807, 2.05) is 0 Å². The van der Waals surface area contributed by atoms with Crippen LogP contribution in [-0.2, 0) is 6.54 Å². The number of rotatable bonds is 3. The minimum atomic E-state index is -0.687. The fourth-order valence-corrected chi connectivity index (χ4v) is 3.43. The van der Waals surface area contributed by atoms with Crippen molar-refractivity contribution in [2.75, 3.05) is 26.2 Å². The van der Waals surface area contributed by atoms with Gasteiger partial charge in [0, 0.05) is 43.9 Å². The van der Waals surface area contributed by atoms with E-state index in [4.69, 9.17) is 0 Å². The van der Waals surface area contributed by atoms with Gasteiger partial charge in [0.05, 0.1) is 4.92 Å². The Morgan fingerprint density at radius 3 is 2.95 bits per heavy atom. The molecule has 21 heavy (non-hydrogen) atoms. The molecule has 0 saturated carbocycles. The summed E-state index contributed by atoms with van der Waals surface area (Å²) >= 11 is 0. The van der Waals surface area contributed by atoms with Crippen LogP contribution in [0.1, 0.15) is 24.8 Å². The first-order chi connectivity index (χ1) is 10.1. The maximum absolute atomic E-state index is 14.1. The van der Waals surface area contributed by atoms with E-state index in [1.54, 1.807) is 12.1 Å². The maximum Gasteiger partial charge on any atom is 0.305 e. The third kappa shape index (κ3) is 3.06. The number of benzene rings is 1. The molecule has 1 aromatic rings. The zero-order valence-corrected chi connectivity index (χ0v) is 12.0. The third-order valence-electron chi connectivity index (χ3n) is 4.57. The second-order valence-corrected chi connectivity index (χ2v) is 5.93. The molecule has 0 radical (unpaired) electrons. The monoisotopic (exact) mass is 293 g/mol. The molecule has 114 valence electrons. The minimum Gasteiger partial charge on any atom is -0.298 e. The van der Waals surface area contributed by atoms with E-state index in [-0.39, 0.29) is 0 Å². The summed E-state index contributed by atoms with van der Waals surface area (Å²) < 4.78 is 14.1. The van der Waals surface area contributed by atoms with Crippen LogP contribution in [0.3, 0.4) is 0 Å². The van der Waals surface area contributed by atoms with Gasteiger partial charge in [-0.15, -0.1) is 0 Å². The fraction of sp³-hybridized carbons (Fsp3) is 0.600. The highest BCUT2D eigenvalue weighted by molar-refractivity contribution is 5.36. The largest absolute Gasteiger partial charge is 0.305 e. The number of nitro benzene ring substituents is 1. The number of hydrogen-bond acceptors (Lipinski definition) is 4. The van der Waals surface area contributed by atoms with Gasteiger partial charge in [-0.05, 0) is 19.4 Å². The minimum absolute atomic E-state index is 0.424. The second-order valence-electron chi connectivity index (χ2n) is 5.93. The van der Waals surface area contributed by atoms with Gasteiger partial charge >= 0.3 is 5.69 Å². The first-order valence-electron chi connectivity index (χ1n) is 7.53. The first-order valence-corrected chi connectivity index (χ1v) is 7.53. The molecule has 1 atom stereocenters. The van der Waals surface area contributed by atoms with Crippen LogP contribution in [0.15, 0.2) is 18.2 Å². The predicted molar refractivity (Wildman–Crippen MR) is 77.5 cm³/mol. The Bertz CT molecular complexity index is 538. The molecule has 0 aliphatic carbocycles. The molecule has 0 bridgehead atoms. The molecule has 0 N–H and O–H groups in total. The van der Waals surface area contributed by atoms with Crippen molar-refractivity contribution in [2.24, 2.45) is 0 Å². The summed E-state index contributed by atoms with van der Waals surface area (Å²) in [6, 6.07) is 5.00. The van der Waals surface area contributed by atoms with Crippen molar-refractivity contribution in [2.45, 2.75) is 31.8 Å². The number of nitrogens with zero attached hydrogens (tertiary/aromatic N) is 3. The standard InChI is InChI=1S/C15H20FN3O2/c16-15-12(4-3-6-14(15)19(20)21)10-17-8-9-18-7-2-1-5-13(18)11-17/h3-4,6,13H,1-2,5,7-11H2. The molecule has 2 saturated heterocycles. The molecule has 2 aliphatic rings. The summed E-state index contributed by atoms with van der Waals surface area (Å²) in [5.74, 6) is -0.687. The van der Waals surface area contributed by atoms with E-state index in [2.05, 4.69) is 9.80 Å². The lowest BCUT2D eigenvalue weighted by molar-refractivity contribution is -0.387. The number of halogens is 1. The van der Waals surface area contributed by atoms with Crippen LogP contribution >= 0.6 is 0 Å². The number of fused-ring (bicyclic) bond motifs is 1. The summed E-state index contributed by atoms with van der Waals surface area (Å²) in [7, 11) is 0. The highest BCUT2D eigenvalue weighted by Crippen LogP contribution is 2.25. The highest BCUT2D eigenvalue weighted by atomic mass is 19.1. The van der Waals surface area contributed by atoms with Gasteiger partial charge in [0.2, 0.25) is 5.82 Å². The average Bonchev–Trinajstić information content (AvgIpc) is 2.49. The first kappa shape index (κ1) is 14.4. The summed E-state index contributed by atoms with van der Waals surface area (Å²) in [5.41, 5.74) is -0.00254. The molecule has 2 heterocycles. The molecule has 0 spiro atoms. The van der Waals surface area contributed by atoms with E-state index < -0.39 is 16.4 Å². The van der Waals surface area contributed by atoms with E-state index in [0.717, 1.165) is 19.6 Å². The Balaban J connectivity index is 1.69. The van der Waals surface area contributed by atoms with Gasteiger partial charge < -0.3 is 0 Å². The van der Waals surface area contributed by atoms with E-state index in [9.17, 15) is 14.5 Å². The van der Waals surface area contributed by atoms with Crippen LogP contribution < -0.4 is 0 Å². The van der Waals surface area contributed by atoms with Crippen molar-refractivity contribution in [1.29, 1.82) is 0 Å². The molecule has 2 fully saturated rings. The van der Waals surface area contributed by atoms with E-state index in [1.165, 1.54) is 31.9 Å². The van der Waals surface area contributed by atoms with Crippen molar-refractivity contribution >= 4 is 5.69 Å². The molecule has 0 amide bonds. The molecule has 2 aliphatic heterocycles. The summed E-state index contributed by atoms with van der Waals surface area (Å²) in [4.78, 5) is 14.9. The Morgan fingerprint density at radius 2 is 2.14 bits per heavy atom. The normalized spacial score (nSPS) is 23.8. The Labute approximate surface area is 123 Å².